The highest BCUT2D eigenvalue weighted by molar-refractivity contribution is 9.10. The van der Waals surface area contributed by atoms with Crippen LogP contribution in [0.5, 0.6) is 0 Å². The molecule has 2 aliphatic rings. The Bertz CT molecular complexity index is 1750. The molecule has 0 bridgehead atoms. The molecule has 0 fully saturated rings. The molecule has 0 saturated carbocycles. The van der Waals surface area contributed by atoms with E-state index in [1.165, 1.54) is 35.6 Å². The number of halogens is 3. The van der Waals surface area contributed by atoms with Gasteiger partial charge in [-0.1, -0.05) is 63.7 Å². The second-order valence-electron chi connectivity index (χ2n) is 9.14. The molecule has 0 spiro atoms. The highest BCUT2D eigenvalue weighted by Gasteiger charge is 2.32. The first kappa shape index (κ1) is 23.9. The molecule has 2 heterocycles. The quantitative estimate of drug-likeness (QED) is 0.274. The van der Waals surface area contributed by atoms with E-state index in [-0.39, 0.29) is 23.2 Å². The fourth-order valence-electron chi connectivity index (χ4n) is 5.01. The molecule has 3 nitrogen and oxygen atoms in total. The Kier molecular flexibility index (Phi) is 6.34. The van der Waals surface area contributed by atoms with E-state index in [0.717, 1.165) is 57.3 Å². The summed E-state index contributed by atoms with van der Waals surface area (Å²) in [6.45, 7) is 0. The fraction of sp³-hybridized carbons (Fsp3) is 0.133. The van der Waals surface area contributed by atoms with Gasteiger partial charge in [0.15, 0.2) is 4.80 Å². The molecule has 1 aliphatic carbocycles. The van der Waals surface area contributed by atoms with Gasteiger partial charge in [0, 0.05) is 4.47 Å². The molecule has 7 heteroatoms. The first-order valence-electron chi connectivity index (χ1n) is 12.0. The van der Waals surface area contributed by atoms with Crippen LogP contribution in [0.25, 0.3) is 12.2 Å². The van der Waals surface area contributed by atoms with Crippen molar-refractivity contribution in [2.45, 2.75) is 25.3 Å². The Morgan fingerprint density at radius 2 is 1.65 bits per heavy atom. The zero-order valence-corrected chi connectivity index (χ0v) is 22.0. The number of hydrogen-bond acceptors (Lipinski definition) is 3. The number of thiazole rings is 1. The van der Waals surface area contributed by atoms with Crippen LogP contribution in [-0.4, -0.2) is 4.57 Å². The summed E-state index contributed by atoms with van der Waals surface area (Å²) in [5, 5.41) is 0. The third-order valence-corrected chi connectivity index (χ3v) is 8.15. The Morgan fingerprint density at radius 3 is 2.38 bits per heavy atom. The fourth-order valence-corrected chi connectivity index (χ4v) is 6.43. The van der Waals surface area contributed by atoms with Crippen LogP contribution in [-0.2, 0) is 0 Å². The van der Waals surface area contributed by atoms with Crippen LogP contribution in [0.1, 0.15) is 42.0 Å². The van der Waals surface area contributed by atoms with E-state index in [9.17, 15) is 13.6 Å². The standard InChI is InChI=1S/C30H21BrF2N2OS/c31-22-5-1-3-19(16-22)17-26-29(36)35-28(20-9-13-24(33)14-10-20)25-6-2-4-21(27(25)34-30(35)37-26)15-18-7-11-23(32)12-8-18/h1,3,5,7-17,28H,2,4,6H2/b21-15+,26-17+/t28-/m1/s1. The third kappa shape index (κ3) is 4.69. The van der Waals surface area contributed by atoms with Crippen LogP contribution in [0, 0.1) is 11.6 Å². The molecule has 4 aromatic rings. The maximum absolute atomic E-state index is 13.8. The Labute approximate surface area is 224 Å². The average molecular weight is 575 g/mol. The van der Waals surface area contributed by atoms with Crippen molar-refractivity contribution in [1.29, 1.82) is 0 Å². The van der Waals surface area contributed by atoms with Crippen molar-refractivity contribution in [2.75, 3.05) is 0 Å². The van der Waals surface area contributed by atoms with Crippen molar-refractivity contribution >= 4 is 39.4 Å². The summed E-state index contributed by atoms with van der Waals surface area (Å²) in [5.74, 6) is -0.596. The molecule has 1 aromatic heterocycles. The average Bonchev–Trinajstić information content (AvgIpc) is 3.19. The Hall–Kier alpha value is -3.42. The molecule has 1 aliphatic heterocycles. The van der Waals surface area contributed by atoms with Crippen LogP contribution in [0.4, 0.5) is 8.78 Å². The Morgan fingerprint density at radius 1 is 0.919 bits per heavy atom. The molecule has 0 unspecified atom stereocenters. The molecule has 0 radical (unpaired) electrons. The normalized spacial score (nSPS) is 18.5. The molecule has 6 rings (SSSR count). The molecular formula is C30H21BrF2N2OS. The SMILES string of the molecule is O=c1/c(=C\c2cccc(Br)c2)sc2n1[C@H](c1ccc(F)cc1)C1=C(N=2)/C(=C/c2ccc(F)cc2)CCC1. The summed E-state index contributed by atoms with van der Waals surface area (Å²) in [5.41, 5.74) is 5.54. The van der Waals surface area contributed by atoms with Crippen molar-refractivity contribution in [3.05, 3.63) is 142 Å². The minimum atomic E-state index is -0.367. The number of allylic oxidation sites excluding steroid dienone is 2. The first-order valence-corrected chi connectivity index (χ1v) is 13.6. The highest BCUT2D eigenvalue weighted by atomic mass is 79.9. The van der Waals surface area contributed by atoms with E-state index in [0.29, 0.717) is 9.33 Å². The smallest absolute Gasteiger partial charge is 0.271 e. The van der Waals surface area contributed by atoms with Gasteiger partial charge >= 0.3 is 0 Å². The van der Waals surface area contributed by atoms with E-state index < -0.39 is 0 Å². The number of hydrogen-bond donors (Lipinski definition) is 0. The number of rotatable bonds is 3. The molecular weight excluding hydrogens is 554 g/mol. The van der Waals surface area contributed by atoms with E-state index in [1.807, 2.05) is 30.3 Å². The zero-order valence-electron chi connectivity index (χ0n) is 19.6. The summed E-state index contributed by atoms with van der Waals surface area (Å²) < 4.78 is 30.6. The second-order valence-corrected chi connectivity index (χ2v) is 11.1. The van der Waals surface area contributed by atoms with Gasteiger partial charge in [0.25, 0.3) is 5.56 Å². The van der Waals surface area contributed by atoms with Crippen molar-refractivity contribution in [3.63, 3.8) is 0 Å². The summed E-state index contributed by atoms with van der Waals surface area (Å²) in [7, 11) is 0. The Balaban J connectivity index is 1.57. The lowest BCUT2D eigenvalue weighted by atomic mass is 9.84. The van der Waals surface area contributed by atoms with Crippen LogP contribution < -0.4 is 14.9 Å². The second kappa shape index (κ2) is 9.80. The minimum Gasteiger partial charge on any atom is -0.272 e. The zero-order chi connectivity index (χ0) is 25.5. The molecule has 37 heavy (non-hydrogen) atoms. The topological polar surface area (TPSA) is 34.4 Å². The van der Waals surface area contributed by atoms with Gasteiger partial charge in [0.05, 0.1) is 16.3 Å². The molecule has 0 N–H and O–H groups in total. The number of aromatic nitrogens is 1. The van der Waals surface area contributed by atoms with Gasteiger partial charge in [-0.25, -0.2) is 13.8 Å². The van der Waals surface area contributed by atoms with Crippen molar-refractivity contribution in [1.82, 2.24) is 4.57 Å². The van der Waals surface area contributed by atoms with Crippen molar-refractivity contribution in [2.24, 2.45) is 4.99 Å². The first-order chi connectivity index (χ1) is 18.0. The van der Waals surface area contributed by atoms with Crippen LogP contribution in [0.2, 0.25) is 0 Å². The molecule has 0 saturated heterocycles. The minimum absolute atomic E-state index is 0.112. The van der Waals surface area contributed by atoms with Gasteiger partial charge in [-0.3, -0.25) is 9.36 Å². The van der Waals surface area contributed by atoms with Crippen LogP contribution in [0.15, 0.2) is 104 Å². The number of benzene rings is 3. The van der Waals surface area contributed by atoms with E-state index in [1.54, 1.807) is 28.8 Å². The molecule has 3 aromatic carbocycles. The predicted molar refractivity (Wildman–Crippen MR) is 147 cm³/mol. The summed E-state index contributed by atoms with van der Waals surface area (Å²) >= 11 is 4.85. The predicted octanol–water partition coefficient (Wildman–Crippen LogP) is 6.52. The van der Waals surface area contributed by atoms with Gasteiger partial charge < -0.3 is 0 Å². The molecule has 184 valence electrons. The number of fused-ring (bicyclic) bond motifs is 1. The largest absolute Gasteiger partial charge is 0.272 e. The van der Waals surface area contributed by atoms with Crippen LogP contribution >= 0.6 is 27.3 Å². The third-order valence-electron chi connectivity index (χ3n) is 6.68. The lowest BCUT2D eigenvalue weighted by Crippen LogP contribution is -2.39. The van der Waals surface area contributed by atoms with Crippen molar-refractivity contribution in [3.8, 4) is 0 Å². The highest BCUT2D eigenvalue weighted by Crippen LogP contribution is 2.41. The van der Waals surface area contributed by atoms with E-state index >= 15 is 0 Å². The lowest BCUT2D eigenvalue weighted by Gasteiger charge is -2.31. The number of nitrogens with zero attached hydrogens (tertiary/aromatic N) is 2. The van der Waals surface area contributed by atoms with Gasteiger partial charge in [0.2, 0.25) is 0 Å². The lowest BCUT2D eigenvalue weighted by molar-refractivity contribution is 0.551. The van der Waals surface area contributed by atoms with Gasteiger partial charge in [-0.15, -0.1) is 0 Å². The molecule has 0 amide bonds. The molecule has 1 atom stereocenters. The summed E-state index contributed by atoms with van der Waals surface area (Å²) in [4.78, 5) is 19.4. The monoisotopic (exact) mass is 574 g/mol. The van der Waals surface area contributed by atoms with Gasteiger partial charge in [-0.2, -0.15) is 0 Å². The van der Waals surface area contributed by atoms with Crippen molar-refractivity contribution < 1.29 is 8.78 Å². The van der Waals surface area contributed by atoms with E-state index in [2.05, 4.69) is 22.0 Å². The van der Waals surface area contributed by atoms with Crippen LogP contribution in [0.3, 0.4) is 0 Å². The maximum Gasteiger partial charge on any atom is 0.271 e. The van der Waals surface area contributed by atoms with Gasteiger partial charge in [-0.05, 0) is 95.6 Å². The maximum atomic E-state index is 13.8. The summed E-state index contributed by atoms with van der Waals surface area (Å²) in [6.07, 6.45) is 6.46. The summed E-state index contributed by atoms with van der Waals surface area (Å²) in [6, 6.07) is 20.2. The van der Waals surface area contributed by atoms with E-state index in [4.69, 9.17) is 4.99 Å². The van der Waals surface area contributed by atoms with Gasteiger partial charge in [0.1, 0.15) is 11.6 Å².